The minimum Gasteiger partial charge on any atom is -0.0874 e. The first-order valence-electron chi connectivity index (χ1n) is 8.27. The molecule has 0 rings (SSSR count). The molecule has 0 bridgehead atoms. The molecule has 0 spiro atoms. The van der Waals surface area contributed by atoms with Gasteiger partial charge in [0.15, 0.2) is 0 Å². The van der Waals surface area contributed by atoms with Crippen molar-refractivity contribution in [2.75, 3.05) is 0 Å². The lowest BCUT2D eigenvalue weighted by molar-refractivity contribution is 0.286. The lowest BCUT2D eigenvalue weighted by Gasteiger charge is -2.24. The maximum atomic E-state index is 2.47. The van der Waals surface area contributed by atoms with Gasteiger partial charge in [-0.3, -0.25) is 0 Å². The van der Waals surface area contributed by atoms with Crippen LogP contribution < -0.4 is 0 Å². The molecular weight excluding hydrogens is 228 g/mol. The van der Waals surface area contributed by atoms with E-state index >= 15 is 0 Å². The molecule has 0 N–H and O–H groups in total. The van der Waals surface area contributed by atoms with E-state index in [1.54, 1.807) is 0 Å². The van der Waals surface area contributed by atoms with Crippen molar-refractivity contribution in [1.82, 2.24) is 0 Å². The Hall–Kier alpha value is -0.520. The fraction of sp³-hybridized carbons (Fsp3) is 0.789. The highest BCUT2D eigenvalue weighted by molar-refractivity contribution is 5.18. The van der Waals surface area contributed by atoms with Crippen LogP contribution in [-0.4, -0.2) is 0 Å². The van der Waals surface area contributed by atoms with Gasteiger partial charge in [0.05, 0.1) is 0 Å². The Balaban J connectivity index is 4.45. The van der Waals surface area contributed by atoms with Gasteiger partial charge in [0.1, 0.15) is 0 Å². The molecule has 0 heteroatoms. The molecule has 0 heterocycles. The lowest BCUT2D eigenvalue weighted by Crippen LogP contribution is -2.13. The summed E-state index contributed by atoms with van der Waals surface area (Å²) in [5.41, 5.74) is 1.49. The van der Waals surface area contributed by atoms with E-state index in [2.05, 4.69) is 66.7 Å². The largest absolute Gasteiger partial charge is 0.0874 e. The monoisotopic (exact) mass is 264 g/mol. The molecule has 0 amide bonds. The average Bonchev–Trinajstić information content (AvgIpc) is 2.36. The molecule has 0 saturated heterocycles. The van der Waals surface area contributed by atoms with Crippen molar-refractivity contribution in [3.05, 3.63) is 23.8 Å². The highest BCUT2D eigenvalue weighted by Crippen LogP contribution is 2.28. The third kappa shape index (κ3) is 8.29. The molecule has 0 saturated carbocycles. The quantitative estimate of drug-likeness (QED) is 0.410. The zero-order valence-electron chi connectivity index (χ0n) is 14.4. The molecule has 3 atom stereocenters. The zero-order chi connectivity index (χ0) is 14.8. The Morgan fingerprint density at radius 3 is 2.05 bits per heavy atom. The molecular formula is C19H36. The van der Waals surface area contributed by atoms with E-state index in [1.807, 2.05) is 0 Å². The minimum atomic E-state index is 0.704. The summed E-state index contributed by atoms with van der Waals surface area (Å²) in [6, 6.07) is 0. The second-order valence-electron chi connectivity index (χ2n) is 6.54. The molecule has 0 aliphatic rings. The molecule has 0 nitrogen and oxygen atoms in total. The first-order valence-corrected chi connectivity index (χ1v) is 8.27. The Morgan fingerprint density at radius 1 is 1.00 bits per heavy atom. The highest BCUT2D eigenvalue weighted by Gasteiger charge is 2.16. The van der Waals surface area contributed by atoms with Crippen LogP contribution in [0.1, 0.15) is 74.1 Å². The van der Waals surface area contributed by atoms with Gasteiger partial charge in [-0.05, 0) is 49.9 Å². The van der Waals surface area contributed by atoms with E-state index in [1.165, 1.54) is 24.8 Å². The maximum Gasteiger partial charge on any atom is -0.0254 e. The number of hydrogen-bond donors (Lipinski definition) is 0. The van der Waals surface area contributed by atoms with E-state index in [4.69, 9.17) is 0 Å². The third-order valence-electron chi connectivity index (χ3n) is 4.41. The molecule has 0 aliphatic carbocycles. The molecule has 0 radical (unpaired) electrons. The minimum absolute atomic E-state index is 0.704. The van der Waals surface area contributed by atoms with E-state index in [0.29, 0.717) is 5.92 Å². The molecule has 19 heavy (non-hydrogen) atoms. The summed E-state index contributed by atoms with van der Waals surface area (Å²) in [6.07, 6.45) is 12.1. The van der Waals surface area contributed by atoms with Crippen molar-refractivity contribution in [1.29, 1.82) is 0 Å². The van der Waals surface area contributed by atoms with Crippen LogP contribution in [0.25, 0.3) is 0 Å². The summed E-state index contributed by atoms with van der Waals surface area (Å²) in [5, 5.41) is 0. The third-order valence-corrected chi connectivity index (χ3v) is 4.41. The van der Waals surface area contributed by atoms with Crippen LogP contribution in [0.4, 0.5) is 0 Å². The topological polar surface area (TPSA) is 0 Å². The predicted molar refractivity (Wildman–Crippen MR) is 89.4 cm³/mol. The first kappa shape index (κ1) is 18.5. The van der Waals surface area contributed by atoms with Gasteiger partial charge in [-0.15, -0.1) is 0 Å². The van der Waals surface area contributed by atoms with Crippen LogP contribution in [0.15, 0.2) is 23.8 Å². The van der Waals surface area contributed by atoms with E-state index in [9.17, 15) is 0 Å². The second-order valence-corrected chi connectivity index (χ2v) is 6.54. The van der Waals surface area contributed by atoms with Crippen molar-refractivity contribution < 1.29 is 0 Å². The van der Waals surface area contributed by atoms with Gasteiger partial charge in [0.2, 0.25) is 0 Å². The summed E-state index contributed by atoms with van der Waals surface area (Å²) >= 11 is 0. The molecule has 0 fully saturated rings. The van der Waals surface area contributed by atoms with Gasteiger partial charge in [0, 0.05) is 0 Å². The highest BCUT2D eigenvalue weighted by atomic mass is 14.2. The van der Waals surface area contributed by atoms with Gasteiger partial charge in [-0.2, -0.15) is 0 Å². The Morgan fingerprint density at radius 2 is 1.63 bits per heavy atom. The van der Waals surface area contributed by atoms with Gasteiger partial charge >= 0.3 is 0 Å². The van der Waals surface area contributed by atoms with Gasteiger partial charge in [-0.1, -0.05) is 71.8 Å². The number of hydrogen-bond acceptors (Lipinski definition) is 0. The number of allylic oxidation sites excluding steroid dienone is 4. The van der Waals surface area contributed by atoms with E-state index in [0.717, 1.165) is 24.2 Å². The van der Waals surface area contributed by atoms with Crippen molar-refractivity contribution in [2.24, 2.45) is 23.7 Å². The number of rotatable bonds is 9. The van der Waals surface area contributed by atoms with Crippen LogP contribution in [0, 0.1) is 23.7 Å². The molecule has 0 aromatic heterocycles. The van der Waals surface area contributed by atoms with Crippen LogP contribution in [0.5, 0.6) is 0 Å². The Kier molecular flexibility index (Phi) is 10.0. The normalized spacial score (nSPS) is 18.0. The summed E-state index contributed by atoms with van der Waals surface area (Å²) in [7, 11) is 0. The lowest BCUT2D eigenvalue weighted by atomic mass is 9.82. The van der Waals surface area contributed by atoms with Gasteiger partial charge < -0.3 is 0 Å². The van der Waals surface area contributed by atoms with Gasteiger partial charge in [0.25, 0.3) is 0 Å². The van der Waals surface area contributed by atoms with E-state index in [-0.39, 0.29) is 0 Å². The smallest absolute Gasteiger partial charge is 0.0254 e. The fourth-order valence-corrected chi connectivity index (χ4v) is 2.69. The van der Waals surface area contributed by atoms with Crippen molar-refractivity contribution in [3.63, 3.8) is 0 Å². The molecule has 0 aliphatic heterocycles. The Bertz CT molecular complexity index is 270. The van der Waals surface area contributed by atoms with Crippen molar-refractivity contribution in [2.45, 2.75) is 74.1 Å². The van der Waals surface area contributed by atoms with Crippen molar-refractivity contribution >= 4 is 0 Å². The average molecular weight is 264 g/mol. The van der Waals surface area contributed by atoms with E-state index < -0.39 is 0 Å². The molecule has 3 unspecified atom stereocenters. The van der Waals surface area contributed by atoms with Crippen LogP contribution in [0.2, 0.25) is 0 Å². The molecule has 0 aromatic carbocycles. The molecule has 112 valence electrons. The zero-order valence-corrected chi connectivity index (χ0v) is 14.4. The standard InChI is InChI=1S/C19H36/c1-8-11-18(9-2)12-16(6)13-19(10-3)14-17(7)15(4)5/h8,11-12,15-17,19H,9-10,13-14H2,1-7H3. The Labute approximate surface area is 122 Å². The van der Waals surface area contributed by atoms with Crippen LogP contribution >= 0.6 is 0 Å². The second kappa shape index (κ2) is 10.3. The summed E-state index contributed by atoms with van der Waals surface area (Å²) < 4.78 is 0. The first-order chi connectivity index (χ1) is 8.94. The van der Waals surface area contributed by atoms with Crippen molar-refractivity contribution in [3.8, 4) is 0 Å². The maximum absolute atomic E-state index is 2.47. The SMILES string of the molecule is CC=CC(=CC(C)CC(CC)CC(C)C(C)C)CC. The fourth-order valence-electron chi connectivity index (χ4n) is 2.69. The van der Waals surface area contributed by atoms with Crippen LogP contribution in [-0.2, 0) is 0 Å². The van der Waals surface area contributed by atoms with Crippen LogP contribution in [0.3, 0.4) is 0 Å². The summed E-state index contributed by atoms with van der Waals surface area (Å²) in [4.78, 5) is 0. The summed E-state index contributed by atoms with van der Waals surface area (Å²) in [5.74, 6) is 3.25. The summed E-state index contributed by atoms with van der Waals surface area (Å²) in [6.45, 7) is 16.2. The predicted octanol–water partition coefficient (Wildman–Crippen LogP) is 6.63. The van der Waals surface area contributed by atoms with Gasteiger partial charge in [-0.25, -0.2) is 0 Å². The molecule has 0 aromatic rings.